The van der Waals surface area contributed by atoms with Crippen LogP contribution in [0, 0.1) is 21.4 Å². The van der Waals surface area contributed by atoms with Crippen molar-refractivity contribution in [3.05, 3.63) is 38.9 Å². The number of nitro benzene ring substituents is 1. The summed E-state index contributed by atoms with van der Waals surface area (Å²) in [7, 11) is 1.10. The summed E-state index contributed by atoms with van der Waals surface area (Å²) in [4.78, 5) is 21.4. The van der Waals surface area contributed by atoms with Gasteiger partial charge in [0, 0.05) is 0 Å². The Morgan fingerprint density at radius 3 is 2.76 bits per heavy atom. The number of hydrogen-bond acceptors (Lipinski definition) is 5. The van der Waals surface area contributed by atoms with E-state index >= 15 is 0 Å². The zero-order valence-corrected chi connectivity index (χ0v) is 9.47. The van der Waals surface area contributed by atoms with E-state index in [1.807, 2.05) is 0 Å². The van der Waals surface area contributed by atoms with Gasteiger partial charge < -0.3 is 4.74 Å². The first kappa shape index (κ1) is 12.9. The molecule has 0 aliphatic heterocycles. The lowest BCUT2D eigenvalue weighted by molar-refractivity contribution is -0.385. The summed E-state index contributed by atoms with van der Waals surface area (Å²) in [6.07, 6.45) is 0. The van der Waals surface area contributed by atoms with Crippen LogP contribution in [0.2, 0.25) is 5.02 Å². The van der Waals surface area contributed by atoms with Crippen LogP contribution >= 0.6 is 11.6 Å². The molecule has 0 aliphatic rings. The van der Waals surface area contributed by atoms with Crippen LogP contribution in [0.15, 0.2) is 18.2 Å². The Morgan fingerprint density at radius 1 is 1.65 bits per heavy atom. The van der Waals surface area contributed by atoms with Crippen LogP contribution in [-0.4, -0.2) is 18.0 Å². The van der Waals surface area contributed by atoms with E-state index in [2.05, 4.69) is 4.74 Å². The number of carbonyl (C=O) groups excluding carboxylic acids is 1. The van der Waals surface area contributed by atoms with Crippen molar-refractivity contribution in [2.24, 2.45) is 0 Å². The normalized spacial score (nSPS) is 11.4. The van der Waals surface area contributed by atoms with Crippen LogP contribution in [0.25, 0.3) is 0 Å². The Labute approximate surface area is 102 Å². The zero-order chi connectivity index (χ0) is 13.0. The second kappa shape index (κ2) is 5.27. The highest BCUT2D eigenvalue weighted by Crippen LogP contribution is 2.33. The van der Waals surface area contributed by atoms with Gasteiger partial charge in [0.15, 0.2) is 5.92 Å². The van der Waals surface area contributed by atoms with Crippen molar-refractivity contribution in [1.29, 1.82) is 5.26 Å². The highest BCUT2D eigenvalue weighted by atomic mass is 35.5. The fourth-order valence-corrected chi connectivity index (χ4v) is 1.58. The molecular formula is C10H7ClN2O4. The third-order valence-electron chi connectivity index (χ3n) is 2.08. The van der Waals surface area contributed by atoms with Gasteiger partial charge in [0.05, 0.1) is 23.7 Å². The second-order valence-corrected chi connectivity index (χ2v) is 3.43. The number of nitro groups is 1. The predicted octanol–water partition coefficient (Wildman–Crippen LogP) is 2.03. The highest BCUT2D eigenvalue weighted by Gasteiger charge is 2.30. The molecule has 0 spiro atoms. The van der Waals surface area contributed by atoms with Crippen LogP contribution in [0.1, 0.15) is 11.5 Å². The number of benzene rings is 1. The van der Waals surface area contributed by atoms with E-state index in [9.17, 15) is 14.9 Å². The average molecular weight is 255 g/mol. The van der Waals surface area contributed by atoms with E-state index in [1.54, 1.807) is 6.07 Å². The Morgan fingerprint density at radius 2 is 2.29 bits per heavy atom. The summed E-state index contributed by atoms with van der Waals surface area (Å²) >= 11 is 5.67. The minimum atomic E-state index is -1.36. The molecule has 88 valence electrons. The van der Waals surface area contributed by atoms with Crippen molar-refractivity contribution >= 4 is 23.3 Å². The molecule has 0 saturated carbocycles. The van der Waals surface area contributed by atoms with E-state index in [1.165, 1.54) is 18.2 Å². The molecule has 0 amide bonds. The Kier molecular flexibility index (Phi) is 4.01. The third kappa shape index (κ3) is 2.52. The fourth-order valence-electron chi connectivity index (χ4n) is 1.32. The smallest absolute Gasteiger partial charge is 0.327 e. The van der Waals surface area contributed by atoms with Crippen molar-refractivity contribution < 1.29 is 14.5 Å². The molecule has 0 aliphatic carbocycles. The number of nitriles is 1. The van der Waals surface area contributed by atoms with Gasteiger partial charge in [0.1, 0.15) is 5.02 Å². The molecule has 7 heteroatoms. The van der Waals surface area contributed by atoms with Gasteiger partial charge >= 0.3 is 5.97 Å². The van der Waals surface area contributed by atoms with Gasteiger partial charge in [-0.3, -0.25) is 14.9 Å². The van der Waals surface area contributed by atoms with Gasteiger partial charge in [-0.05, 0) is 6.07 Å². The summed E-state index contributed by atoms with van der Waals surface area (Å²) in [6.45, 7) is 0. The molecule has 1 unspecified atom stereocenters. The number of nitrogens with zero attached hydrogens (tertiary/aromatic N) is 2. The van der Waals surface area contributed by atoms with Gasteiger partial charge in [-0.25, -0.2) is 0 Å². The van der Waals surface area contributed by atoms with Crippen molar-refractivity contribution in [3.63, 3.8) is 0 Å². The maximum absolute atomic E-state index is 11.3. The van der Waals surface area contributed by atoms with E-state index in [0.29, 0.717) is 0 Å². The molecule has 0 radical (unpaired) electrons. The molecule has 6 nitrogen and oxygen atoms in total. The van der Waals surface area contributed by atoms with Gasteiger partial charge in [-0.1, -0.05) is 23.7 Å². The number of carbonyl (C=O) groups is 1. The molecular weight excluding hydrogens is 248 g/mol. The minimum absolute atomic E-state index is 0.0724. The minimum Gasteiger partial charge on any atom is -0.468 e. The van der Waals surface area contributed by atoms with Gasteiger partial charge in [-0.15, -0.1) is 0 Å². The Bertz CT molecular complexity index is 510. The fraction of sp³-hybridized carbons (Fsp3) is 0.200. The Balaban J connectivity index is 3.40. The van der Waals surface area contributed by atoms with E-state index in [4.69, 9.17) is 16.9 Å². The molecule has 17 heavy (non-hydrogen) atoms. The highest BCUT2D eigenvalue weighted by molar-refractivity contribution is 6.32. The SMILES string of the molecule is COC(=O)C(C#N)c1cccc(Cl)c1[N+](=O)[O-]. The first-order valence-corrected chi connectivity index (χ1v) is 4.81. The first-order chi connectivity index (χ1) is 8.02. The third-order valence-corrected chi connectivity index (χ3v) is 2.38. The molecule has 1 rings (SSSR count). The van der Waals surface area contributed by atoms with Crippen molar-refractivity contribution in [3.8, 4) is 6.07 Å². The van der Waals surface area contributed by atoms with Crippen molar-refractivity contribution in [1.82, 2.24) is 0 Å². The zero-order valence-electron chi connectivity index (χ0n) is 8.71. The lowest BCUT2D eigenvalue weighted by Gasteiger charge is -2.08. The maximum atomic E-state index is 11.3. The molecule has 0 fully saturated rings. The standard InChI is InChI=1S/C10H7ClN2O4/c1-17-10(14)7(5-12)6-3-2-4-8(11)9(6)13(15)16/h2-4,7H,1H3. The van der Waals surface area contributed by atoms with Crippen LogP contribution in [-0.2, 0) is 9.53 Å². The summed E-state index contributed by atoms with van der Waals surface area (Å²) < 4.78 is 4.41. The first-order valence-electron chi connectivity index (χ1n) is 4.43. The predicted molar refractivity (Wildman–Crippen MR) is 58.5 cm³/mol. The van der Waals surface area contributed by atoms with Gasteiger partial charge in [0.25, 0.3) is 5.69 Å². The van der Waals surface area contributed by atoms with E-state index < -0.39 is 22.5 Å². The number of esters is 1. The maximum Gasteiger partial charge on any atom is 0.327 e. The van der Waals surface area contributed by atoms with Gasteiger partial charge in [0.2, 0.25) is 0 Å². The van der Waals surface area contributed by atoms with Crippen LogP contribution < -0.4 is 0 Å². The number of ether oxygens (including phenoxy) is 1. The van der Waals surface area contributed by atoms with Crippen LogP contribution in [0.3, 0.4) is 0 Å². The number of hydrogen-bond donors (Lipinski definition) is 0. The largest absolute Gasteiger partial charge is 0.468 e. The van der Waals surface area contributed by atoms with Gasteiger partial charge in [-0.2, -0.15) is 5.26 Å². The molecule has 0 N–H and O–H groups in total. The summed E-state index contributed by atoms with van der Waals surface area (Å²) in [5, 5.41) is 19.6. The van der Waals surface area contributed by atoms with E-state index in [-0.39, 0.29) is 10.6 Å². The summed E-state index contributed by atoms with van der Waals surface area (Å²) in [5.41, 5.74) is -0.525. The van der Waals surface area contributed by atoms with E-state index in [0.717, 1.165) is 7.11 Å². The molecule has 1 atom stereocenters. The molecule has 0 saturated heterocycles. The van der Waals surface area contributed by atoms with Crippen molar-refractivity contribution in [2.45, 2.75) is 5.92 Å². The monoisotopic (exact) mass is 254 g/mol. The molecule has 1 aromatic rings. The lowest BCUT2D eigenvalue weighted by atomic mass is 9.99. The summed E-state index contributed by atoms with van der Waals surface area (Å²) in [6, 6.07) is 5.70. The number of para-hydroxylation sites is 1. The van der Waals surface area contributed by atoms with Crippen LogP contribution in [0.5, 0.6) is 0 Å². The lowest BCUT2D eigenvalue weighted by Crippen LogP contribution is -2.14. The number of rotatable bonds is 3. The molecule has 0 heterocycles. The molecule has 0 bridgehead atoms. The topological polar surface area (TPSA) is 93.2 Å². The number of halogens is 1. The quantitative estimate of drug-likeness (QED) is 0.467. The average Bonchev–Trinajstić information content (AvgIpc) is 2.29. The number of methoxy groups -OCH3 is 1. The molecule has 0 aromatic heterocycles. The second-order valence-electron chi connectivity index (χ2n) is 3.02. The summed E-state index contributed by atoms with van der Waals surface area (Å²) in [5.74, 6) is -2.23. The van der Waals surface area contributed by atoms with Crippen LogP contribution in [0.4, 0.5) is 5.69 Å². The Hall–Kier alpha value is -2.13. The molecule has 1 aromatic carbocycles. The van der Waals surface area contributed by atoms with Crippen molar-refractivity contribution in [2.75, 3.05) is 7.11 Å².